The van der Waals surface area contributed by atoms with Gasteiger partial charge in [-0.2, -0.15) is 0 Å². The predicted molar refractivity (Wildman–Crippen MR) is 133 cm³/mol. The Kier molecular flexibility index (Phi) is 4.10. The van der Waals surface area contributed by atoms with Crippen LogP contribution in [0.25, 0.3) is 11.1 Å². The van der Waals surface area contributed by atoms with Gasteiger partial charge in [0.05, 0.1) is 14.2 Å². The van der Waals surface area contributed by atoms with Crippen LogP contribution in [0.4, 0.5) is 0 Å². The molecule has 8 atom stereocenters. The smallest absolute Gasteiger partial charge is 0.119 e. The molecular formula is C31H34O2. The van der Waals surface area contributed by atoms with E-state index in [1.807, 2.05) is 0 Å². The lowest BCUT2D eigenvalue weighted by molar-refractivity contribution is 0.113. The molecule has 2 bridgehead atoms. The van der Waals surface area contributed by atoms with Crippen molar-refractivity contribution >= 4 is 0 Å². The third kappa shape index (κ3) is 2.35. The lowest BCUT2D eigenvalue weighted by Gasteiger charge is -2.37. The van der Waals surface area contributed by atoms with Gasteiger partial charge < -0.3 is 9.47 Å². The van der Waals surface area contributed by atoms with Gasteiger partial charge in [0.15, 0.2) is 0 Å². The van der Waals surface area contributed by atoms with Crippen LogP contribution in [0, 0.1) is 47.3 Å². The molecule has 0 aliphatic heterocycles. The van der Waals surface area contributed by atoms with Gasteiger partial charge in [0.1, 0.15) is 11.5 Å². The molecule has 0 aromatic heterocycles. The summed E-state index contributed by atoms with van der Waals surface area (Å²) >= 11 is 0. The lowest BCUT2D eigenvalue weighted by Crippen LogP contribution is -2.33. The van der Waals surface area contributed by atoms with Gasteiger partial charge in [-0.25, -0.2) is 0 Å². The summed E-state index contributed by atoms with van der Waals surface area (Å²) in [5.41, 5.74) is 5.86. The molecule has 2 nitrogen and oxygen atoms in total. The number of hydrogen-bond acceptors (Lipinski definition) is 2. The summed E-state index contributed by atoms with van der Waals surface area (Å²) in [6.45, 7) is 8.49. The number of hydrogen-bond donors (Lipinski definition) is 0. The van der Waals surface area contributed by atoms with Crippen molar-refractivity contribution in [1.29, 1.82) is 0 Å². The predicted octanol–water partition coefficient (Wildman–Crippen LogP) is 6.89. The molecule has 170 valence electrons. The second-order valence-electron chi connectivity index (χ2n) is 11.4. The average Bonchev–Trinajstić information content (AvgIpc) is 3.63. The Bertz CT molecular complexity index is 1070. The maximum atomic E-state index is 5.71. The molecular weight excluding hydrogens is 404 g/mol. The standard InChI is InChI=1S/C31H34O2/c1-5-17-11-18(6-2)30-24-14-23(29(17)30)25-15-31(16-26(24)25)27-12-19(32-3)7-9-21(27)22-10-8-20(33-4)13-28(22)31/h5-10,12-13,17-18,23-26,29-30H,1-2,11,14-16H2,3-4H3. The van der Waals surface area contributed by atoms with Gasteiger partial charge in [-0.05, 0) is 120 Å². The third-order valence-corrected chi connectivity index (χ3v) is 10.7. The van der Waals surface area contributed by atoms with Crippen LogP contribution >= 0.6 is 0 Å². The molecule has 0 amide bonds. The fourth-order valence-corrected chi connectivity index (χ4v) is 9.74. The normalized spacial score (nSPS) is 38.0. The minimum Gasteiger partial charge on any atom is -0.497 e. The molecule has 0 saturated heterocycles. The van der Waals surface area contributed by atoms with Crippen LogP contribution in [-0.2, 0) is 5.41 Å². The van der Waals surface area contributed by atoms with Gasteiger partial charge in [0, 0.05) is 5.41 Å². The van der Waals surface area contributed by atoms with Crippen LogP contribution in [-0.4, -0.2) is 14.2 Å². The van der Waals surface area contributed by atoms with Crippen molar-refractivity contribution in [3.63, 3.8) is 0 Å². The van der Waals surface area contributed by atoms with Gasteiger partial charge in [0.25, 0.3) is 0 Å². The van der Waals surface area contributed by atoms with Crippen LogP contribution in [0.15, 0.2) is 61.7 Å². The van der Waals surface area contributed by atoms with E-state index in [2.05, 4.69) is 61.7 Å². The molecule has 8 unspecified atom stereocenters. The van der Waals surface area contributed by atoms with Gasteiger partial charge in [-0.15, -0.1) is 13.2 Å². The topological polar surface area (TPSA) is 18.5 Å². The third-order valence-electron chi connectivity index (χ3n) is 10.7. The van der Waals surface area contributed by atoms with E-state index in [9.17, 15) is 0 Å². The van der Waals surface area contributed by atoms with Gasteiger partial charge in [-0.3, -0.25) is 0 Å². The van der Waals surface area contributed by atoms with Gasteiger partial charge in [0.2, 0.25) is 0 Å². The summed E-state index contributed by atoms with van der Waals surface area (Å²) in [5.74, 6) is 8.28. The number of fused-ring (bicyclic) bond motifs is 13. The number of ether oxygens (including phenoxy) is 2. The number of benzene rings is 2. The molecule has 0 heterocycles. The van der Waals surface area contributed by atoms with Crippen LogP contribution < -0.4 is 9.47 Å². The summed E-state index contributed by atoms with van der Waals surface area (Å²) in [6.07, 6.45) is 9.80. The molecule has 1 spiro atoms. The first-order chi connectivity index (χ1) is 16.1. The quantitative estimate of drug-likeness (QED) is 0.484. The van der Waals surface area contributed by atoms with Gasteiger partial charge >= 0.3 is 0 Å². The summed E-state index contributed by atoms with van der Waals surface area (Å²) in [6, 6.07) is 13.5. The molecule has 4 fully saturated rings. The van der Waals surface area contributed by atoms with Crippen molar-refractivity contribution in [3.05, 3.63) is 72.8 Å². The van der Waals surface area contributed by atoms with E-state index in [4.69, 9.17) is 9.47 Å². The monoisotopic (exact) mass is 438 g/mol. The number of methoxy groups -OCH3 is 2. The van der Waals surface area contributed by atoms with E-state index in [0.717, 1.165) is 47.0 Å². The molecule has 0 radical (unpaired) electrons. The Balaban J connectivity index is 1.36. The van der Waals surface area contributed by atoms with Crippen molar-refractivity contribution in [2.45, 2.75) is 31.1 Å². The molecule has 2 aromatic rings. The zero-order valence-corrected chi connectivity index (χ0v) is 19.8. The van der Waals surface area contributed by atoms with Crippen molar-refractivity contribution < 1.29 is 9.47 Å². The van der Waals surface area contributed by atoms with Crippen molar-refractivity contribution in [1.82, 2.24) is 0 Å². The minimum atomic E-state index is 0.0893. The van der Waals surface area contributed by atoms with E-state index >= 15 is 0 Å². The lowest BCUT2D eigenvalue weighted by atomic mass is 9.67. The number of rotatable bonds is 4. The van der Waals surface area contributed by atoms with Crippen molar-refractivity contribution in [2.24, 2.45) is 47.3 Å². The van der Waals surface area contributed by atoms with E-state index in [1.165, 1.54) is 47.9 Å². The Labute approximate surface area is 197 Å². The molecule has 2 aromatic carbocycles. The Morgan fingerprint density at radius 2 is 1.21 bits per heavy atom. The molecule has 4 saturated carbocycles. The summed E-state index contributed by atoms with van der Waals surface area (Å²) < 4.78 is 11.4. The number of allylic oxidation sites excluding steroid dienone is 2. The molecule has 0 N–H and O–H groups in total. The Hall–Kier alpha value is -2.48. The Morgan fingerprint density at radius 1 is 0.727 bits per heavy atom. The SMILES string of the molecule is C=CC1CC(C=C)C2C3CC(C4CC5(CC43)c3cc(OC)ccc3-c3ccc(OC)cc35)C12. The highest BCUT2D eigenvalue weighted by Gasteiger charge is 2.68. The van der Waals surface area contributed by atoms with Crippen LogP contribution in [0.5, 0.6) is 11.5 Å². The molecule has 7 rings (SSSR count). The second kappa shape index (κ2) is 6.78. The van der Waals surface area contributed by atoms with Crippen LogP contribution in [0.3, 0.4) is 0 Å². The van der Waals surface area contributed by atoms with Gasteiger partial charge in [-0.1, -0.05) is 24.3 Å². The summed E-state index contributed by atoms with van der Waals surface area (Å²) in [4.78, 5) is 0. The minimum absolute atomic E-state index is 0.0893. The molecule has 33 heavy (non-hydrogen) atoms. The highest BCUT2D eigenvalue weighted by atomic mass is 16.5. The van der Waals surface area contributed by atoms with E-state index in [1.54, 1.807) is 14.2 Å². The largest absolute Gasteiger partial charge is 0.497 e. The summed E-state index contributed by atoms with van der Waals surface area (Å²) in [7, 11) is 3.57. The molecule has 2 heteroatoms. The van der Waals surface area contributed by atoms with E-state index in [0.29, 0.717) is 11.8 Å². The van der Waals surface area contributed by atoms with Crippen LogP contribution in [0.2, 0.25) is 0 Å². The maximum Gasteiger partial charge on any atom is 0.119 e. The molecule has 5 aliphatic rings. The fraction of sp³-hybridized carbons (Fsp3) is 0.484. The maximum absolute atomic E-state index is 5.71. The van der Waals surface area contributed by atoms with Crippen molar-refractivity contribution in [3.8, 4) is 22.6 Å². The fourth-order valence-electron chi connectivity index (χ4n) is 9.74. The zero-order chi connectivity index (χ0) is 22.5. The van der Waals surface area contributed by atoms with E-state index in [-0.39, 0.29) is 5.41 Å². The first kappa shape index (κ1) is 19.9. The first-order valence-corrected chi connectivity index (χ1v) is 12.8. The zero-order valence-electron chi connectivity index (χ0n) is 19.8. The molecule has 5 aliphatic carbocycles. The highest BCUT2D eigenvalue weighted by molar-refractivity contribution is 5.82. The van der Waals surface area contributed by atoms with Crippen LogP contribution in [0.1, 0.15) is 36.8 Å². The summed E-state index contributed by atoms with van der Waals surface area (Å²) in [5, 5.41) is 0. The van der Waals surface area contributed by atoms with E-state index < -0.39 is 0 Å². The average molecular weight is 439 g/mol. The highest BCUT2D eigenvalue weighted by Crippen LogP contribution is 2.74. The van der Waals surface area contributed by atoms with Crippen molar-refractivity contribution in [2.75, 3.05) is 14.2 Å². The first-order valence-electron chi connectivity index (χ1n) is 12.8. The Morgan fingerprint density at radius 3 is 1.64 bits per heavy atom. The second-order valence-corrected chi connectivity index (χ2v) is 11.4.